The maximum absolute atomic E-state index is 12.2. The van der Waals surface area contributed by atoms with Gasteiger partial charge in [0.05, 0.1) is 5.75 Å². The minimum Gasteiger partial charge on any atom is -0.338 e. The van der Waals surface area contributed by atoms with E-state index in [-0.39, 0.29) is 24.4 Å². The number of amides is 1. The highest BCUT2D eigenvalue weighted by molar-refractivity contribution is 7.99. The maximum atomic E-state index is 12.2. The minimum atomic E-state index is 0. The molecule has 0 bridgehead atoms. The number of piperidine rings is 1. The summed E-state index contributed by atoms with van der Waals surface area (Å²) in [6.45, 7) is 1.43. The van der Waals surface area contributed by atoms with Crippen LogP contribution in [0.1, 0.15) is 24.8 Å². The molecule has 1 amide bonds. The van der Waals surface area contributed by atoms with Gasteiger partial charge in [-0.1, -0.05) is 23.7 Å². The van der Waals surface area contributed by atoms with Crippen LogP contribution in [0.15, 0.2) is 24.3 Å². The Morgan fingerprint density at radius 1 is 1.43 bits per heavy atom. The largest absolute Gasteiger partial charge is 0.338 e. The second-order valence-electron chi connectivity index (χ2n) is 5.10. The van der Waals surface area contributed by atoms with Crippen molar-refractivity contribution in [1.29, 1.82) is 0 Å². The number of nitrogens with two attached hydrogens (primary N) is 1. The Balaban J connectivity index is 0.00000220. The van der Waals surface area contributed by atoms with E-state index in [1.54, 1.807) is 11.8 Å². The summed E-state index contributed by atoms with van der Waals surface area (Å²) in [5, 5.41) is 0.744. The van der Waals surface area contributed by atoms with Gasteiger partial charge in [0, 0.05) is 29.9 Å². The average molecular weight is 349 g/mol. The van der Waals surface area contributed by atoms with Gasteiger partial charge in [-0.05, 0) is 37.0 Å². The van der Waals surface area contributed by atoms with Gasteiger partial charge >= 0.3 is 0 Å². The lowest BCUT2D eigenvalue weighted by atomic mass is 10.0. The summed E-state index contributed by atoms with van der Waals surface area (Å²) in [4.78, 5) is 14.2. The molecule has 0 aromatic heterocycles. The molecular formula is C15H22Cl2N2OS. The first-order chi connectivity index (χ1) is 9.70. The monoisotopic (exact) mass is 348 g/mol. The second kappa shape index (κ2) is 9.57. The van der Waals surface area contributed by atoms with Crippen LogP contribution >= 0.6 is 35.8 Å². The standard InChI is InChI=1S/C15H21ClN2OS.ClH/c16-13-5-3-4-12(8-13)10-20-11-15(19)18-7-2-1-6-14(18)9-17;/h3-5,8,14H,1-2,6-7,9-11,17H2;1H. The molecule has 21 heavy (non-hydrogen) atoms. The zero-order valence-corrected chi connectivity index (χ0v) is 14.4. The average Bonchev–Trinajstić information content (AvgIpc) is 2.47. The van der Waals surface area contributed by atoms with Crippen molar-refractivity contribution in [1.82, 2.24) is 4.90 Å². The molecular weight excluding hydrogens is 327 g/mol. The van der Waals surface area contributed by atoms with Crippen LogP contribution in [0.2, 0.25) is 5.02 Å². The van der Waals surface area contributed by atoms with Crippen molar-refractivity contribution >= 4 is 41.7 Å². The molecule has 1 aliphatic heterocycles. The summed E-state index contributed by atoms with van der Waals surface area (Å²) in [7, 11) is 0. The lowest BCUT2D eigenvalue weighted by molar-refractivity contribution is -0.131. The van der Waals surface area contributed by atoms with E-state index in [9.17, 15) is 4.79 Å². The van der Waals surface area contributed by atoms with Crippen molar-refractivity contribution in [3.63, 3.8) is 0 Å². The Labute approximate surface area is 142 Å². The molecule has 1 aromatic rings. The van der Waals surface area contributed by atoms with Gasteiger partial charge in [-0.15, -0.1) is 24.2 Å². The summed E-state index contributed by atoms with van der Waals surface area (Å²) in [5.74, 6) is 1.54. The molecule has 1 unspecified atom stereocenters. The van der Waals surface area contributed by atoms with Crippen LogP contribution in [0.5, 0.6) is 0 Å². The molecule has 2 rings (SSSR count). The Hall–Kier alpha value is -0.420. The van der Waals surface area contributed by atoms with E-state index >= 15 is 0 Å². The van der Waals surface area contributed by atoms with Crippen LogP contribution in [0, 0.1) is 0 Å². The van der Waals surface area contributed by atoms with E-state index in [2.05, 4.69) is 0 Å². The molecule has 1 fully saturated rings. The van der Waals surface area contributed by atoms with Gasteiger partial charge in [0.2, 0.25) is 5.91 Å². The third-order valence-corrected chi connectivity index (χ3v) is 4.83. The maximum Gasteiger partial charge on any atom is 0.232 e. The third-order valence-electron chi connectivity index (χ3n) is 3.60. The Morgan fingerprint density at radius 2 is 2.24 bits per heavy atom. The quantitative estimate of drug-likeness (QED) is 0.887. The first kappa shape index (κ1) is 18.6. The van der Waals surface area contributed by atoms with Crippen molar-refractivity contribution in [3.8, 4) is 0 Å². The molecule has 118 valence electrons. The predicted molar refractivity (Wildman–Crippen MR) is 93.3 cm³/mol. The number of carbonyl (C=O) groups is 1. The lowest BCUT2D eigenvalue weighted by Gasteiger charge is -2.35. The number of carbonyl (C=O) groups excluding carboxylic acids is 1. The van der Waals surface area contributed by atoms with Crippen LogP contribution in [0.3, 0.4) is 0 Å². The van der Waals surface area contributed by atoms with E-state index < -0.39 is 0 Å². The van der Waals surface area contributed by atoms with E-state index in [0.29, 0.717) is 12.3 Å². The van der Waals surface area contributed by atoms with Crippen molar-refractivity contribution < 1.29 is 4.79 Å². The topological polar surface area (TPSA) is 46.3 Å². The van der Waals surface area contributed by atoms with Crippen molar-refractivity contribution in [2.45, 2.75) is 31.1 Å². The summed E-state index contributed by atoms with van der Waals surface area (Å²) >= 11 is 7.59. The number of hydrogen-bond donors (Lipinski definition) is 1. The molecule has 0 spiro atoms. The fourth-order valence-corrected chi connectivity index (χ4v) is 3.61. The van der Waals surface area contributed by atoms with Gasteiger partial charge in [-0.2, -0.15) is 0 Å². The van der Waals surface area contributed by atoms with Gasteiger partial charge in [-0.3, -0.25) is 4.79 Å². The molecule has 0 saturated carbocycles. The highest BCUT2D eigenvalue weighted by Gasteiger charge is 2.24. The van der Waals surface area contributed by atoms with Gasteiger partial charge in [0.25, 0.3) is 0 Å². The number of rotatable bonds is 5. The highest BCUT2D eigenvalue weighted by atomic mass is 35.5. The molecule has 6 heteroatoms. The van der Waals surface area contributed by atoms with E-state index in [1.165, 1.54) is 6.42 Å². The third kappa shape index (κ3) is 5.70. The number of hydrogen-bond acceptors (Lipinski definition) is 3. The van der Waals surface area contributed by atoms with Crippen molar-refractivity contribution in [2.75, 3.05) is 18.8 Å². The predicted octanol–water partition coefficient (Wildman–Crippen LogP) is 3.33. The first-order valence-electron chi connectivity index (χ1n) is 7.02. The smallest absolute Gasteiger partial charge is 0.232 e. The Bertz CT molecular complexity index is 459. The molecule has 1 saturated heterocycles. The fourth-order valence-electron chi connectivity index (χ4n) is 2.54. The number of nitrogens with zero attached hydrogens (tertiary/aromatic N) is 1. The summed E-state index contributed by atoms with van der Waals surface area (Å²) in [6.07, 6.45) is 3.32. The molecule has 1 aliphatic rings. The zero-order chi connectivity index (χ0) is 14.4. The normalized spacial score (nSPS) is 18.2. The number of benzene rings is 1. The molecule has 1 atom stereocenters. The van der Waals surface area contributed by atoms with Crippen molar-refractivity contribution in [3.05, 3.63) is 34.9 Å². The molecule has 3 nitrogen and oxygen atoms in total. The van der Waals surface area contributed by atoms with Crippen LogP contribution < -0.4 is 5.73 Å². The molecule has 2 N–H and O–H groups in total. The van der Waals surface area contributed by atoms with Gasteiger partial charge in [-0.25, -0.2) is 0 Å². The van der Waals surface area contributed by atoms with Gasteiger partial charge in [0.1, 0.15) is 0 Å². The zero-order valence-electron chi connectivity index (χ0n) is 12.0. The van der Waals surface area contributed by atoms with Crippen LogP contribution in [-0.4, -0.2) is 35.7 Å². The summed E-state index contributed by atoms with van der Waals surface area (Å²) < 4.78 is 0. The van der Waals surface area contributed by atoms with Gasteiger partial charge in [0.15, 0.2) is 0 Å². The van der Waals surface area contributed by atoms with E-state index in [1.807, 2.05) is 29.2 Å². The fraction of sp³-hybridized carbons (Fsp3) is 0.533. The summed E-state index contributed by atoms with van der Waals surface area (Å²) in [5.41, 5.74) is 6.91. The van der Waals surface area contributed by atoms with E-state index in [4.69, 9.17) is 17.3 Å². The minimum absolute atomic E-state index is 0. The van der Waals surface area contributed by atoms with Crippen LogP contribution in [-0.2, 0) is 10.5 Å². The number of halogens is 2. The number of thioether (sulfide) groups is 1. The number of likely N-dealkylation sites (tertiary alicyclic amines) is 1. The SMILES string of the molecule is Cl.NCC1CCCCN1C(=O)CSCc1cccc(Cl)c1. The van der Waals surface area contributed by atoms with Crippen molar-refractivity contribution in [2.24, 2.45) is 5.73 Å². The first-order valence-corrected chi connectivity index (χ1v) is 8.55. The van der Waals surface area contributed by atoms with Crippen LogP contribution in [0.25, 0.3) is 0 Å². The second-order valence-corrected chi connectivity index (χ2v) is 6.52. The lowest BCUT2D eigenvalue weighted by Crippen LogP contribution is -2.48. The highest BCUT2D eigenvalue weighted by Crippen LogP contribution is 2.20. The molecule has 1 heterocycles. The molecule has 0 radical (unpaired) electrons. The van der Waals surface area contributed by atoms with Crippen LogP contribution in [0.4, 0.5) is 0 Å². The molecule has 1 aromatic carbocycles. The molecule has 0 aliphatic carbocycles. The Kier molecular flexibility index (Phi) is 8.49. The summed E-state index contributed by atoms with van der Waals surface area (Å²) in [6, 6.07) is 8.02. The Morgan fingerprint density at radius 3 is 2.95 bits per heavy atom. The van der Waals surface area contributed by atoms with Gasteiger partial charge < -0.3 is 10.6 Å². The van der Waals surface area contributed by atoms with E-state index in [0.717, 1.165) is 35.7 Å².